The molecular weight excluding hydrogens is 388 g/mol. The first-order chi connectivity index (χ1) is 14.2. The Morgan fingerprint density at radius 2 is 1.93 bits per heavy atom. The van der Waals surface area contributed by atoms with Crippen molar-refractivity contribution < 1.29 is 24.2 Å². The number of carbonyl (C=O) groups excluding carboxylic acids is 2. The van der Waals surface area contributed by atoms with E-state index in [9.17, 15) is 19.5 Å². The summed E-state index contributed by atoms with van der Waals surface area (Å²) in [6.45, 7) is 1.73. The molecular formula is C21H18N4O5. The van der Waals surface area contributed by atoms with Crippen LogP contribution in [-0.4, -0.2) is 54.1 Å². The summed E-state index contributed by atoms with van der Waals surface area (Å²) in [6.07, 6.45) is 1.10. The number of nitrogens with zero attached hydrogens (tertiary/aromatic N) is 3. The van der Waals surface area contributed by atoms with Crippen LogP contribution in [0.15, 0.2) is 24.4 Å². The van der Waals surface area contributed by atoms with E-state index in [1.54, 1.807) is 25.1 Å². The molecule has 152 valence electrons. The number of carbonyl (C=O) groups is 3. The molecule has 3 heterocycles. The van der Waals surface area contributed by atoms with Gasteiger partial charge in [-0.3, -0.25) is 9.78 Å². The normalized spacial score (nSPS) is 12.1. The number of aryl methyl sites for hydroxylation is 1. The summed E-state index contributed by atoms with van der Waals surface area (Å²) < 4.78 is 4.82. The highest BCUT2D eigenvalue weighted by molar-refractivity contribution is 6.19. The van der Waals surface area contributed by atoms with Gasteiger partial charge >= 0.3 is 11.9 Å². The molecule has 0 saturated heterocycles. The van der Waals surface area contributed by atoms with E-state index in [0.717, 1.165) is 6.20 Å². The average Bonchev–Trinajstić information content (AvgIpc) is 2.72. The monoisotopic (exact) mass is 406 g/mol. The highest BCUT2D eigenvalue weighted by atomic mass is 16.5. The predicted octanol–water partition coefficient (Wildman–Crippen LogP) is 2.72. The van der Waals surface area contributed by atoms with Crippen LogP contribution in [0.2, 0.25) is 0 Å². The van der Waals surface area contributed by atoms with E-state index in [-0.39, 0.29) is 22.5 Å². The van der Waals surface area contributed by atoms with Crippen LogP contribution >= 0.6 is 0 Å². The highest BCUT2D eigenvalue weighted by Gasteiger charge is 2.30. The summed E-state index contributed by atoms with van der Waals surface area (Å²) in [6, 6.07) is 5.21. The third-order valence-electron chi connectivity index (χ3n) is 5.03. The summed E-state index contributed by atoms with van der Waals surface area (Å²) >= 11 is 0. The maximum absolute atomic E-state index is 13.3. The summed E-state index contributed by atoms with van der Waals surface area (Å²) in [5, 5.41) is 13.1. The van der Waals surface area contributed by atoms with E-state index in [1.165, 1.54) is 7.11 Å². The van der Waals surface area contributed by atoms with E-state index in [2.05, 4.69) is 15.3 Å². The molecule has 1 aromatic carbocycles. The quantitative estimate of drug-likeness (QED) is 0.637. The Kier molecular flexibility index (Phi) is 4.38. The van der Waals surface area contributed by atoms with Crippen molar-refractivity contribution in [3.8, 4) is 11.1 Å². The van der Waals surface area contributed by atoms with Gasteiger partial charge in [-0.2, -0.15) is 0 Å². The number of carboxylic acids is 1. The van der Waals surface area contributed by atoms with Crippen LogP contribution in [0.3, 0.4) is 0 Å². The number of nitrogens with one attached hydrogen (secondary N) is 1. The van der Waals surface area contributed by atoms with Crippen LogP contribution < -0.4 is 10.2 Å². The molecule has 1 aliphatic heterocycles. The van der Waals surface area contributed by atoms with Crippen LogP contribution in [0.4, 0.5) is 11.4 Å². The number of amides is 1. The molecule has 1 amide bonds. The SMILES string of the molecule is COC(=O)c1cnc(C(=O)O)c2c1NC(=O)c1c(C)nc3ccc-2cc3c1N(C)C. The molecule has 9 nitrogen and oxygen atoms in total. The standard InChI is InChI=1S/C21H18N4O5/c1-9-14-18(25(2)3)11-7-10(5-6-13(11)23-9)15-16(24-19(14)26)12(21(29)30-4)8-22-17(15)20(27)28/h5-8H,1-4H3,(H,24,26)(H,27,28). The number of anilines is 2. The Balaban J connectivity index is 2.20. The number of methoxy groups -OCH3 is 1. The van der Waals surface area contributed by atoms with Crippen molar-refractivity contribution in [3.05, 3.63) is 46.9 Å². The third kappa shape index (κ3) is 2.74. The van der Waals surface area contributed by atoms with Crippen molar-refractivity contribution in [1.29, 1.82) is 0 Å². The topological polar surface area (TPSA) is 122 Å². The van der Waals surface area contributed by atoms with Crippen molar-refractivity contribution in [1.82, 2.24) is 9.97 Å². The molecule has 2 aromatic heterocycles. The van der Waals surface area contributed by atoms with E-state index in [0.29, 0.717) is 33.4 Å². The maximum atomic E-state index is 13.3. The zero-order chi connectivity index (χ0) is 21.7. The van der Waals surface area contributed by atoms with Crippen molar-refractivity contribution in [2.75, 3.05) is 31.4 Å². The van der Waals surface area contributed by atoms with Gasteiger partial charge in [-0.1, -0.05) is 6.07 Å². The number of esters is 1. The van der Waals surface area contributed by atoms with Gasteiger partial charge in [0.2, 0.25) is 0 Å². The van der Waals surface area contributed by atoms with Crippen LogP contribution in [0, 0.1) is 6.92 Å². The first-order valence-electron chi connectivity index (χ1n) is 9.02. The fraction of sp³-hybridized carbons (Fsp3) is 0.190. The van der Waals surface area contributed by atoms with Gasteiger partial charge in [-0.25, -0.2) is 14.6 Å². The first-order valence-corrected chi connectivity index (χ1v) is 9.02. The Bertz CT molecular complexity index is 1270. The van der Waals surface area contributed by atoms with Crippen molar-refractivity contribution in [3.63, 3.8) is 0 Å². The largest absolute Gasteiger partial charge is 0.476 e. The lowest BCUT2D eigenvalue weighted by Crippen LogP contribution is -2.22. The van der Waals surface area contributed by atoms with Gasteiger partial charge in [0.15, 0.2) is 5.69 Å². The molecule has 0 saturated carbocycles. The second kappa shape index (κ2) is 6.80. The van der Waals surface area contributed by atoms with Gasteiger partial charge < -0.3 is 20.1 Å². The number of ether oxygens (including phenoxy) is 1. The van der Waals surface area contributed by atoms with E-state index in [4.69, 9.17) is 4.74 Å². The minimum atomic E-state index is -1.29. The molecule has 0 aliphatic carbocycles. The number of pyridine rings is 2. The fourth-order valence-electron chi connectivity index (χ4n) is 3.78. The molecule has 0 spiro atoms. The van der Waals surface area contributed by atoms with Gasteiger partial charge in [0.1, 0.15) is 5.56 Å². The van der Waals surface area contributed by atoms with Gasteiger partial charge in [0.05, 0.1) is 35.3 Å². The average molecular weight is 406 g/mol. The lowest BCUT2D eigenvalue weighted by atomic mass is 9.97. The Morgan fingerprint density at radius 3 is 2.57 bits per heavy atom. The fourth-order valence-corrected chi connectivity index (χ4v) is 3.78. The van der Waals surface area contributed by atoms with E-state index >= 15 is 0 Å². The molecule has 30 heavy (non-hydrogen) atoms. The molecule has 3 aromatic rings. The summed E-state index contributed by atoms with van der Waals surface area (Å²) in [5.74, 6) is -2.54. The number of carboxylic acid groups (broad SMARTS) is 1. The molecule has 9 heteroatoms. The number of aromatic carboxylic acids is 1. The van der Waals surface area contributed by atoms with Crippen LogP contribution in [-0.2, 0) is 4.74 Å². The Hall–Kier alpha value is -4.01. The van der Waals surface area contributed by atoms with Gasteiger partial charge in [0, 0.05) is 31.2 Å². The van der Waals surface area contributed by atoms with Crippen LogP contribution in [0.25, 0.3) is 22.0 Å². The van der Waals surface area contributed by atoms with Gasteiger partial charge in [-0.05, 0) is 24.6 Å². The molecule has 1 aliphatic rings. The second-order valence-electron chi connectivity index (χ2n) is 7.07. The molecule has 4 rings (SSSR count). The van der Waals surface area contributed by atoms with Crippen molar-refractivity contribution in [2.24, 2.45) is 0 Å². The van der Waals surface area contributed by atoms with Crippen molar-refractivity contribution in [2.45, 2.75) is 6.92 Å². The van der Waals surface area contributed by atoms with E-state index in [1.807, 2.05) is 19.0 Å². The number of rotatable bonds is 3. The summed E-state index contributed by atoms with van der Waals surface area (Å²) in [5.41, 5.74) is 2.46. The maximum Gasteiger partial charge on any atom is 0.355 e. The summed E-state index contributed by atoms with van der Waals surface area (Å²) in [4.78, 5) is 47.9. The molecule has 3 bridgehead atoms. The minimum absolute atomic E-state index is 0.0326. The number of fused-ring (bicyclic) bond motifs is 4. The molecule has 0 fully saturated rings. The van der Waals surface area contributed by atoms with Crippen LogP contribution in [0.5, 0.6) is 0 Å². The minimum Gasteiger partial charge on any atom is -0.476 e. The Morgan fingerprint density at radius 1 is 1.20 bits per heavy atom. The summed E-state index contributed by atoms with van der Waals surface area (Å²) in [7, 11) is 4.82. The smallest absolute Gasteiger partial charge is 0.355 e. The highest BCUT2D eigenvalue weighted by Crippen LogP contribution is 2.40. The second-order valence-corrected chi connectivity index (χ2v) is 7.07. The molecule has 2 N–H and O–H groups in total. The Labute approximate surface area is 171 Å². The zero-order valence-electron chi connectivity index (χ0n) is 16.7. The number of benzene rings is 1. The zero-order valence-corrected chi connectivity index (χ0v) is 16.7. The number of hydrogen-bond donors (Lipinski definition) is 2. The lowest BCUT2D eigenvalue weighted by Gasteiger charge is -2.20. The van der Waals surface area contributed by atoms with Gasteiger partial charge in [-0.15, -0.1) is 0 Å². The lowest BCUT2D eigenvalue weighted by molar-refractivity contribution is 0.0598. The molecule has 0 radical (unpaired) electrons. The predicted molar refractivity (Wildman–Crippen MR) is 110 cm³/mol. The molecule has 0 atom stereocenters. The van der Waals surface area contributed by atoms with Crippen LogP contribution in [0.1, 0.15) is 36.9 Å². The van der Waals surface area contributed by atoms with Gasteiger partial charge in [0.25, 0.3) is 5.91 Å². The first kappa shape index (κ1) is 19.3. The number of aromatic nitrogens is 2. The third-order valence-corrected chi connectivity index (χ3v) is 5.03. The van der Waals surface area contributed by atoms with Crippen molar-refractivity contribution >= 4 is 40.1 Å². The van der Waals surface area contributed by atoms with E-state index < -0.39 is 17.8 Å². The molecule has 0 unspecified atom stereocenters. The number of hydrogen-bond acceptors (Lipinski definition) is 7.